The standard InChI is InChI=1S/C10H10N6O2/c1-5-4-11-16-6-7(13-9(16)12-5)14(2)10(18)15(3)8(6)17/h4H,1-3H3. The van der Waals surface area contributed by atoms with Gasteiger partial charge < -0.3 is 0 Å². The summed E-state index contributed by atoms with van der Waals surface area (Å²) in [4.78, 5) is 32.2. The highest BCUT2D eigenvalue weighted by Crippen LogP contribution is 2.07. The number of hydrogen-bond acceptors (Lipinski definition) is 5. The van der Waals surface area contributed by atoms with Crippen LogP contribution in [-0.4, -0.2) is 28.7 Å². The Bertz CT molecular complexity index is 900. The highest BCUT2D eigenvalue weighted by molar-refractivity contribution is 5.74. The van der Waals surface area contributed by atoms with Gasteiger partial charge in [-0.05, 0) is 6.92 Å². The second-order valence-electron chi connectivity index (χ2n) is 4.10. The summed E-state index contributed by atoms with van der Waals surface area (Å²) in [6, 6.07) is 0. The van der Waals surface area contributed by atoms with Gasteiger partial charge in [0, 0.05) is 14.1 Å². The average Bonchev–Trinajstić information content (AvgIpc) is 2.72. The number of imidazole rings is 1. The van der Waals surface area contributed by atoms with Gasteiger partial charge in [0.2, 0.25) is 0 Å². The molecule has 0 fully saturated rings. The van der Waals surface area contributed by atoms with E-state index in [9.17, 15) is 9.59 Å². The molecule has 18 heavy (non-hydrogen) atoms. The van der Waals surface area contributed by atoms with Crippen molar-refractivity contribution >= 4 is 16.9 Å². The summed E-state index contributed by atoms with van der Waals surface area (Å²) < 4.78 is 3.69. The van der Waals surface area contributed by atoms with E-state index in [0.717, 1.165) is 4.57 Å². The first-order valence-electron chi connectivity index (χ1n) is 5.29. The van der Waals surface area contributed by atoms with Crippen molar-refractivity contribution in [2.24, 2.45) is 14.1 Å². The maximum Gasteiger partial charge on any atom is 0.332 e. The molecule has 0 amide bonds. The number of aromatic nitrogens is 6. The molecule has 92 valence electrons. The predicted octanol–water partition coefficient (Wildman–Crippen LogP) is -1.02. The van der Waals surface area contributed by atoms with Gasteiger partial charge in [0.15, 0.2) is 11.2 Å². The Morgan fingerprint density at radius 1 is 1.11 bits per heavy atom. The Kier molecular flexibility index (Phi) is 1.92. The van der Waals surface area contributed by atoms with E-state index >= 15 is 0 Å². The van der Waals surface area contributed by atoms with Crippen molar-refractivity contribution in [3.8, 4) is 0 Å². The molecule has 0 radical (unpaired) electrons. The Balaban J connectivity index is 2.72. The molecular formula is C10H10N6O2. The van der Waals surface area contributed by atoms with E-state index in [1.165, 1.54) is 16.1 Å². The first kappa shape index (κ1) is 10.6. The van der Waals surface area contributed by atoms with E-state index < -0.39 is 11.2 Å². The van der Waals surface area contributed by atoms with Crippen LogP contribution in [0.4, 0.5) is 0 Å². The molecule has 0 atom stereocenters. The lowest BCUT2D eigenvalue weighted by atomic mass is 10.5. The lowest BCUT2D eigenvalue weighted by molar-refractivity contribution is 0.706. The van der Waals surface area contributed by atoms with Crippen molar-refractivity contribution in [2.75, 3.05) is 0 Å². The molecule has 0 saturated carbocycles. The van der Waals surface area contributed by atoms with Crippen molar-refractivity contribution in [1.29, 1.82) is 0 Å². The summed E-state index contributed by atoms with van der Waals surface area (Å²) in [7, 11) is 2.98. The Labute approximate surface area is 100 Å². The third kappa shape index (κ3) is 1.17. The van der Waals surface area contributed by atoms with Gasteiger partial charge in [-0.2, -0.15) is 14.6 Å². The Morgan fingerprint density at radius 3 is 2.56 bits per heavy atom. The number of rotatable bonds is 0. The van der Waals surface area contributed by atoms with Gasteiger partial charge in [-0.15, -0.1) is 0 Å². The fraction of sp³-hybridized carbons (Fsp3) is 0.300. The maximum atomic E-state index is 12.1. The van der Waals surface area contributed by atoms with Gasteiger partial charge in [-0.1, -0.05) is 0 Å². The van der Waals surface area contributed by atoms with Crippen LogP contribution in [-0.2, 0) is 14.1 Å². The van der Waals surface area contributed by atoms with Crippen molar-refractivity contribution in [2.45, 2.75) is 6.92 Å². The molecule has 0 aliphatic carbocycles. The van der Waals surface area contributed by atoms with Crippen LogP contribution in [0.15, 0.2) is 15.8 Å². The number of nitrogens with zero attached hydrogens (tertiary/aromatic N) is 6. The third-order valence-corrected chi connectivity index (χ3v) is 2.85. The fourth-order valence-electron chi connectivity index (χ4n) is 1.88. The van der Waals surface area contributed by atoms with Gasteiger partial charge in [0.1, 0.15) is 0 Å². The highest BCUT2D eigenvalue weighted by atomic mass is 16.2. The summed E-state index contributed by atoms with van der Waals surface area (Å²) in [6.45, 7) is 1.78. The molecule has 8 nitrogen and oxygen atoms in total. The van der Waals surface area contributed by atoms with Gasteiger partial charge in [-0.3, -0.25) is 13.9 Å². The summed E-state index contributed by atoms with van der Waals surface area (Å²) in [5.74, 6) is 0.309. The molecule has 3 heterocycles. The molecule has 3 aromatic rings. The summed E-state index contributed by atoms with van der Waals surface area (Å²) in [5, 5.41) is 4.10. The zero-order chi connectivity index (χ0) is 13.0. The minimum absolute atomic E-state index is 0.252. The van der Waals surface area contributed by atoms with Crippen LogP contribution in [0.2, 0.25) is 0 Å². The molecule has 0 unspecified atom stereocenters. The number of hydrogen-bond donors (Lipinski definition) is 0. The molecule has 0 aliphatic heterocycles. The number of aryl methyl sites for hydroxylation is 2. The van der Waals surface area contributed by atoms with Crippen LogP contribution < -0.4 is 11.2 Å². The molecule has 3 aromatic heterocycles. The van der Waals surface area contributed by atoms with Crippen molar-refractivity contribution in [3.05, 3.63) is 32.7 Å². The monoisotopic (exact) mass is 246 g/mol. The smallest absolute Gasteiger partial charge is 0.279 e. The Morgan fingerprint density at radius 2 is 1.83 bits per heavy atom. The first-order valence-corrected chi connectivity index (χ1v) is 5.29. The molecule has 0 bridgehead atoms. The molecule has 0 spiro atoms. The van der Waals surface area contributed by atoms with Crippen LogP contribution in [0.5, 0.6) is 0 Å². The molecule has 8 heteroatoms. The lowest BCUT2D eigenvalue weighted by Gasteiger charge is -2.01. The predicted molar refractivity (Wildman–Crippen MR) is 63.5 cm³/mol. The zero-order valence-electron chi connectivity index (χ0n) is 10.1. The normalized spacial score (nSPS) is 11.5. The minimum atomic E-state index is -0.432. The maximum absolute atomic E-state index is 12.1. The highest BCUT2D eigenvalue weighted by Gasteiger charge is 2.16. The number of fused-ring (bicyclic) bond motifs is 3. The van der Waals surface area contributed by atoms with E-state index in [4.69, 9.17) is 0 Å². The molecule has 0 aromatic carbocycles. The van der Waals surface area contributed by atoms with Crippen LogP contribution in [0.3, 0.4) is 0 Å². The molecule has 3 rings (SSSR count). The van der Waals surface area contributed by atoms with E-state index in [-0.39, 0.29) is 11.2 Å². The average molecular weight is 246 g/mol. The lowest BCUT2D eigenvalue weighted by Crippen LogP contribution is -2.37. The van der Waals surface area contributed by atoms with Crippen molar-refractivity contribution < 1.29 is 0 Å². The van der Waals surface area contributed by atoms with E-state index in [0.29, 0.717) is 11.5 Å². The summed E-state index contributed by atoms with van der Waals surface area (Å²) in [5.41, 5.74) is 0.377. The van der Waals surface area contributed by atoms with Crippen LogP contribution in [0.25, 0.3) is 16.9 Å². The van der Waals surface area contributed by atoms with E-state index in [2.05, 4.69) is 15.1 Å². The topological polar surface area (TPSA) is 87.1 Å². The fourth-order valence-corrected chi connectivity index (χ4v) is 1.88. The molecule has 0 N–H and O–H groups in total. The molecule has 0 aliphatic rings. The van der Waals surface area contributed by atoms with E-state index in [1.807, 2.05) is 0 Å². The van der Waals surface area contributed by atoms with Crippen LogP contribution in [0, 0.1) is 6.92 Å². The third-order valence-electron chi connectivity index (χ3n) is 2.85. The largest absolute Gasteiger partial charge is 0.332 e. The van der Waals surface area contributed by atoms with Crippen LogP contribution in [0.1, 0.15) is 5.69 Å². The first-order chi connectivity index (χ1) is 8.50. The quantitative estimate of drug-likeness (QED) is 0.507. The minimum Gasteiger partial charge on any atom is -0.279 e. The molecular weight excluding hydrogens is 236 g/mol. The van der Waals surface area contributed by atoms with Gasteiger partial charge in [-0.25, -0.2) is 9.78 Å². The summed E-state index contributed by atoms with van der Waals surface area (Å²) in [6.07, 6.45) is 1.54. The van der Waals surface area contributed by atoms with Gasteiger partial charge >= 0.3 is 5.69 Å². The summed E-state index contributed by atoms with van der Waals surface area (Å²) >= 11 is 0. The second-order valence-corrected chi connectivity index (χ2v) is 4.10. The van der Waals surface area contributed by atoms with E-state index in [1.54, 1.807) is 20.2 Å². The molecule has 0 saturated heterocycles. The van der Waals surface area contributed by atoms with Crippen molar-refractivity contribution in [3.63, 3.8) is 0 Å². The van der Waals surface area contributed by atoms with Crippen LogP contribution >= 0.6 is 0 Å². The zero-order valence-corrected chi connectivity index (χ0v) is 10.1. The second kappa shape index (κ2) is 3.25. The van der Waals surface area contributed by atoms with Gasteiger partial charge in [0.25, 0.3) is 11.3 Å². The SMILES string of the molecule is Cc1cnn2c(n1)nc1c2c(=O)n(C)c(=O)n1C. The van der Waals surface area contributed by atoms with Gasteiger partial charge in [0.05, 0.1) is 11.9 Å². The van der Waals surface area contributed by atoms with Crippen molar-refractivity contribution in [1.82, 2.24) is 28.7 Å². The Hall–Kier alpha value is -2.51.